The number of rotatable bonds is 7. The van der Waals surface area contributed by atoms with E-state index in [1.807, 2.05) is 18.2 Å². The molecule has 2 rings (SSSR count). The van der Waals surface area contributed by atoms with Crippen molar-refractivity contribution in [3.8, 4) is 5.75 Å². The number of hydrogen-bond acceptors (Lipinski definition) is 4. The largest absolute Gasteiger partial charge is 0.496 e. The molecular formula is C18H18BrNO4S. The maximum Gasteiger partial charge on any atom is 0.232 e. The number of carbonyl (C=O) groups is 1. The van der Waals surface area contributed by atoms with Crippen molar-refractivity contribution < 1.29 is 17.9 Å². The van der Waals surface area contributed by atoms with Gasteiger partial charge in [-0.25, -0.2) is 8.42 Å². The highest BCUT2D eigenvalue weighted by atomic mass is 79.9. The lowest BCUT2D eigenvalue weighted by Gasteiger charge is -2.06. The Hall–Kier alpha value is -2.12. The lowest BCUT2D eigenvalue weighted by Crippen LogP contribution is -2.14. The second kappa shape index (κ2) is 8.31. The highest BCUT2D eigenvalue weighted by Gasteiger charge is 2.08. The van der Waals surface area contributed by atoms with Crippen LogP contribution in [0, 0.1) is 0 Å². The van der Waals surface area contributed by atoms with Crippen LogP contribution < -0.4 is 9.46 Å². The predicted molar refractivity (Wildman–Crippen MR) is 104 cm³/mol. The molecule has 0 unspecified atom stereocenters. The Morgan fingerprint density at radius 2 is 1.88 bits per heavy atom. The summed E-state index contributed by atoms with van der Waals surface area (Å²) in [5.41, 5.74) is 1.76. The van der Waals surface area contributed by atoms with Crippen LogP contribution in [0.5, 0.6) is 5.75 Å². The molecule has 0 heterocycles. The summed E-state index contributed by atoms with van der Waals surface area (Å²) < 4.78 is 31.4. The number of hydrogen-bond donors (Lipinski definition) is 1. The minimum absolute atomic E-state index is 0.00611. The molecule has 0 bridgehead atoms. The monoisotopic (exact) mass is 423 g/mol. The summed E-state index contributed by atoms with van der Waals surface area (Å²) >= 11 is 3.40. The van der Waals surface area contributed by atoms with E-state index in [0.717, 1.165) is 10.0 Å². The second-order valence-electron chi connectivity index (χ2n) is 5.17. The van der Waals surface area contributed by atoms with Crippen molar-refractivity contribution in [3.05, 3.63) is 64.1 Å². The van der Waals surface area contributed by atoms with Gasteiger partial charge in [0.1, 0.15) is 5.75 Å². The van der Waals surface area contributed by atoms with Gasteiger partial charge < -0.3 is 4.74 Å². The van der Waals surface area contributed by atoms with Gasteiger partial charge in [-0.05, 0) is 70.9 Å². The molecule has 2 aromatic rings. The van der Waals surface area contributed by atoms with Crippen LogP contribution in [0.15, 0.2) is 53.0 Å². The maximum absolute atomic E-state index is 12.2. The van der Waals surface area contributed by atoms with Crippen LogP contribution >= 0.6 is 15.9 Å². The van der Waals surface area contributed by atoms with Gasteiger partial charge in [-0.3, -0.25) is 9.52 Å². The van der Waals surface area contributed by atoms with E-state index in [0.29, 0.717) is 17.0 Å². The number of anilines is 1. The molecule has 0 aliphatic rings. The van der Waals surface area contributed by atoms with Crippen LogP contribution in [0.4, 0.5) is 5.69 Å². The molecule has 0 aliphatic carbocycles. The Morgan fingerprint density at radius 3 is 2.44 bits per heavy atom. The van der Waals surface area contributed by atoms with E-state index in [4.69, 9.17) is 4.74 Å². The quantitative estimate of drug-likeness (QED) is 0.536. The topological polar surface area (TPSA) is 72.5 Å². The first-order valence-electron chi connectivity index (χ1n) is 7.51. The fraction of sp³-hybridized carbons (Fsp3) is 0.167. The van der Waals surface area contributed by atoms with Gasteiger partial charge in [0.2, 0.25) is 10.0 Å². The van der Waals surface area contributed by atoms with E-state index in [1.54, 1.807) is 44.4 Å². The fourth-order valence-corrected chi connectivity index (χ4v) is 3.21. The molecule has 1 N–H and O–H groups in total. The van der Waals surface area contributed by atoms with E-state index in [2.05, 4.69) is 20.7 Å². The molecule has 2 aromatic carbocycles. The Bertz CT molecular complexity index is 890. The van der Waals surface area contributed by atoms with Gasteiger partial charge in [0, 0.05) is 11.3 Å². The highest BCUT2D eigenvalue weighted by molar-refractivity contribution is 9.10. The molecule has 0 amide bonds. The summed E-state index contributed by atoms with van der Waals surface area (Å²) in [7, 11) is -1.74. The third-order valence-corrected chi connectivity index (χ3v) is 5.35. The molecule has 0 aromatic heterocycles. The highest BCUT2D eigenvalue weighted by Crippen LogP contribution is 2.26. The van der Waals surface area contributed by atoms with Gasteiger partial charge in [0.25, 0.3) is 0 Å². The van der Waals surface area contributed by atoms with Crippen LogP contribution in [0.25, 0.3) is 6.08 Å². The fourth-order valence-electron chi connectivity index (χ4n) is 2.01. The standard InChI is InChI=1S/C18H18BrNO4S/c1-3-25(22,23)20-15-8-6-14(7-9-15)17(21)10-4-13-5-11-18(24-2)16(19)12-13/h4-12,20H,3H2,1-2H3. The Morgan fingerprint density at radius 1 is 1.20 bits per heavy atom. The maximum atomic E-state index is 12.2. The number of carbonyl (C=O) groups excluding carboxylic acids is 1. The molecular weight excluding hydrogens is 406 g/mol. The van der Waals surface area contributed by atoms with Crippen molar-refractivity contribution in [2.45, 2.75) is 6.92 Å². The third kappa shape index (κ3) is 5.44. The number of allylic oxidation sites excluding steroid dienone is 1. The summed E-state index contributed by atoms with van der Waals surface area (Å²) in [5, 5.41) is 0. The lowest BCUT2D eigenvalue weighted by atomic mass is 10.1. The molecule has 0 atom stereocenters. The number of sulfonamides is 1. The van der Waals surface area contributed by atoms with Crippen molar-refractivity contribution in [3.63, 3.8) is 0 Å². The van der Waals surface area contributed by atoms with Crippen LogP contribution in [0.3, 0.4) is 0 Å². The number of ketones is 1. The molecule has 0 saturated carbocycles. The van der Waals surface area contributed by atoms with E-state index in [9.17, 15) is 13.2 Å². The van der Waals surface area contributed by atoms with Crippen molar-refractivity contribution in [1.82, 2.24) is 0 Å². The van der Waals surface area contributed by atoms with E-state index < -0.39 is 10.0 Å². The predicted octanol–water partition coefficient (Wildman–Crippen LogP) is 4.12. The molecule has 25 heavy (non-hydrogen) atoms. The molecule has 0 aliphatic heterocycles. The van der Waals surface area contributed by atoms with E-state index in [1.165, 1.54) is 6.08 Å². The van der Waals surface area contributed by atoms with Gasteiger partial charge in [0.05, 0.1) is 17.3 Å². The number of benzene rings is 2. The summed E-state index contributed by atoms with van der Waals surface area (Å²) in [6, 6.07) is 11.8. The molecule has 0 saturated heterocycles. The number of halogens is 1. The Kier molecular flexibility index (Phi) is 6.39. The lowest BCUT2D eigenvalue weighted by molar-refractivity contribution is 0.104. The zero-order valence-corrected chi connectivity index (χ0v) is 16.2. The van der Waals surface area contributed by atoms with Crippen molar-refractivity contribution in [2.24, 2.45) is 0 Å². The Labute approximate surface area is 155 Å². The van der Waals surface area contributed by atoms with Crippen molar-refractivity contribution >= 4 is 43.5 Å². The molecule has 0 radical (unpaired) electrons. The smallest absolute Gasteiger partial charge is 0.232 e. The van der Waals surface area contributed by atoms with E-state index in [-0.39, 0.29) is 11.5 Å². The first-order valence-corrected chi connectivity index (χ1v) is 9.95. The number of ether oxygens (including phenoxy) is 1. The minimum atomic E-state index is -3.33. The summed E-state index contributed by atoms with van der Waals surface area (Å²) in [6.07, 6.45) is 3.18. The van der Waals surface area contributed by atoms with Crippen LogP contribution in [-0.4, -0.2) is 27.1 Å². The summed E-state index contributed by atoms with van der Waals surface area (Å²) in [6.45, 7) is 1.56. The second-order valence-corrected chi connectivity index (χ2v) is 8.04. The molecule has 0 spiro atoms. The molecule has 7 heteroatoms. The van der Waals surface area contributed by atoms with Gasteiger partial charge in [-0.1, -0.05) is 12.1 Å². The molecule has 5 nitrogen and oxygen atoms in total. The van der Waals surface area contributed by atoms with Crippen molar-refractivity contribution in [1.29, 1.82) is 0 Å². The zero-order chi connectivity index (χ0) is 18.4. The normalized spacial score (nSPS) is 11.5. The Balaban J connectivity index is 2.09. The van der Waals surface area contributed by atoms with E-state index >= 15 is 0 Å². The minimum Gasteiger partial charge on any atom is -0.496 e. The first kappa shape index (κ1) is 19.2. The number of methoxy groups -OCH3 is 1. The molecule has 0 fully saturated rings. The van der Waals surface area contributed by atoms with Gasteiger partial charge in [-0.2, -0.15) is 0 Å². The summed E-state index contributed by atoms with van der Waals surface area (Å²) in [4.78, 5) is 12.2. The zero-order valence-electron chi connectivity index (χ0n) is 13.8. The summed E-state index contributed by atoms with van der Waals surface area (Å²) in [5.74, 6) is 0.541. The van der Waals surface area contributed by atoms with Crippen LogP contribution in [-0.2, 0) is 10.0 Å². The van der Waals surface area contributed by atoms with Gasteiger partial charge in [-0.15, -0.1) is 0 Å². The van der Waals surface area contributed by atoms with Gasteiger partial charge >= 0.3 is 0 Å². The average molecular weight is 424 g/mol. The van der Waals surface area contributed by atoms with Crippen molar-refractivity contribution in [2.75, 3.05) is 17.6 Å². The average Bonchev–Trinajstić information content (AvgIpc) is 2.60. The number of nitrogens with one attached hydrogen (secondary N) is 1. The van der Waals surface area contributed by atoms with Crippen LogP contribution in [0.2, 0.25) is 0 Å². The van der Waals surface area contributed by atoms with Gasteiger partial charge in [0.15, 0.2) is 5.78 Å². The molecule has 132 valence electrons. The van der Waals surface area contributed by atoms with Crippen LogP contribution in [0.1, 0.15) is 22.8 Å². The first-order chi connectivity index (χ1) is 11.8. The SMILES string of the molecule is CCS(=O)(=O)Nc1ccc(C(=O)C=Cc2ccc(OC)c(Br)c2)cc1. The third-order valence-electron chi connectivity index (χ3n) is 3.43.